The molecule has 2 aromatic rings. The first-order valence-corrected chi connectivity index (χ1v) is 6.67. The number of halogens is 1. The topological polar surface area (TPSA) is 75.1 Å². The SMILES string of the molecule is CCc1ncnc(NCCc2ccc(C(=O)O)cc2)c1F. The van der Waals surface area contributed by atoms with Crippen molar-refractivity contribution >= 4 is 11.8 Å². The molecule has 0 fully saturated rings. The van der Waals surface area contributed by atoms with Crippen LogP contribution in [0.2, 0.25) is 0 Å². The zero-order valence-electron chi connectivity index (χ0n) is 11.6. The molecule has 0 radical (unpaired) electrons. The number of aromatic carboxylic acids is 1. The van der Waals surface area contributed by atoms with E-state index in [4.69, 9.17) is 5.11 Å². The van der Waals surface area contributed by atoms with Crippen LogP contribution in [0.4, 0.5) is 10.2 Å². The molecule has 6 heteroatoms. The second kappa shape index (κ2) is 6.78. The van der Waals surface area contributed by atoms with Crippen LogP contribution in [0, 0.1) is 5.82 Å². The van der Waals surface area contributed by atoms with Crippen molar-refractivity contribution in [1.29, 1.82) is 0 Å². The van der Waals surface area contributed by atoms with Crippen molar-refractivity contribution in [3.05, 3.63) is 53.2 Å². The van der Waals surface area contributed by atoms with E-state index >= 15 is 0 Å². The summed E-state index contributed by atoms with van der Waals surface area (Å²) in [6.45, 7) is 2.34. The maximum atomic E-state index is 13.9. The number of rotatable bonds is 6. The first kappa shape index (κ1) is 14.9. The Morgan fingerprint density at radius 2 is 2.00 bits per heavy atom. The lowest BCUT2D eigenvalue weighted by Crippen LogP contribution is -2.10. The van der Waals surface area contributed by atoms with Gasteiger partial charge in [0.15, 0.2) is 11.6 Å². The molecular weight excluding hydrogens is 273 g/mol. The molecule has 110 valence electrons. The Balaban J connectivity index is 1.94. The minimum atomic E-state index is -0.949. The highest BCUT2D eigenvalue weighted by Gasteiger charge is 2.09. The minimum Gasteiger partial charge on any atom is -0.478 e. The van der Waals surface area contributed by atoms with E-state index in [1.54, 1.807) is 24.3 Å². The maximum absolute atomic E-state index is 13.9. The van der Waals surface area contributed by atoms with Gasteiger partial charge in [-0.2, -0.15) is 0 Å². The summed E-state index contributed by atoms with van der Waals surface area (Å²) in [5, 5.41) is 11.7. The van der Waals surface area contributed by atoms with E-state index < -0.39 is 11.8 Å². The van der Waals surface area contributed by atoms with Crippen LogP contribution in [0.3, 0.4) is 0 Å². The van der Waals surface area contributed by atoms with Gasteiger partial charge in [0.1, 0.15) is 6.33 Å². The largest absolute Gasteiger partial charge is 0.478 e. The molecule has 0 atom stereocenters. The number of anilines is 1. The predicted molar refractivity (Wildman–Crippen MR) is 77.0 cm³/mol. The van der Waals surface area contributed by atoms with Crippen molar-refractivity contribution in [2.24, 2.45) is 0 Å². The van der Waals surface area contributed by atoms with Crippen LogP contribution in [-0.4, -0.2) is 27.6 Å². The van der Waals surface area contributed by atoms with Gasteiger partial charge in [-0.25, -0.2) is 19.2 Å². The lowest BCUT2D eigenvalue weighted by Gasteiger charge is -2.08. The highest BCUT2D eigenvalue weighted by atomic mass is 19.1. The number of hydrogen-bond acceptors (Lipinski definition) is 4. The summed E-state index contributed by atoms with van der Waals surface area (Å²) in [5.74, 6) is -1.17. The standard InChI is InChI=1S/C15H16FN3O2/c1-2-12-13(16)14(19-9-18-12)17-8-7-10-3-5-11(6-4-10)15(20)21/h3-6,9H,2,7-8H2,1H3,(H,20,21)(H,17,18,19). The number of carboxylic acids is 1. The fourth-order valence-electron chi connectivity index (χ4n) is 1.92. The van der Waals surface area contributed by atoms with Crippen molar-refractivity contribution in [1.82, 2.24) is 9.97 Å². The number of carbonyl (C=O) groups is 1. The number of hydrogen-bond donors (Lipinski definition) is 2. The Hall–Kier alpha value is -2.50. The average molecular weight is 289 g/mol. The second-order valence-corrected chi connectivity index (χ2v) is 4.52. The van der Waals surface area contributed by atoms with Gasteiger partial charge >= 0.3 is 5.97 Å². The van der Waals surface area contributed by atoms with Crippen LogP contribution in [0.25, 0.3) is 0 Å². The van der Waals surface area contributed by atoms with Crippen molar-refractivity contribution < 1.29 is 14.3 Å². The second-order valence-electron chi connectivity index (χ2n) is 4.52. The van der Waals surface area contributed by atoms with Crippen molar-refractivity contribution in [2.45, 2.75) is 19.8 Å². The molecule has 21 heavy (non-hydrogen) atoms. The van der Waals surface area contributed by atoms with E-state index in [2.05, 4.69) is 15.3 Å². The number of nitrogens with zero attached hydrogens (tertiary/aromatic N) is 2. The molecule has 0 spiro atoms. The molecule has 5 nitrogen and oxygen atoms in total. The number of aromatic nitrogens is 2. The maximum Gasteiger partial charge on any atom is 0.335 e. The fourth-order valence-corrected chi connectivity index (χ4v) is 1.92. The van der Waals surface area contributed by atoms with Gasteiger partial charge in [0, 0.05) is 6.54 Å². The van der Waals surface area contributed by atoms with E-state index in [1.165, 1.54) is 6.33 Å². The molecule has 0 aliphatic heterocycles. The Morgan fingerprint density at radius 3 is 2.62 bits per heavy atom. The van der Waals surface area contributed by atoms with Gasteiger partial charge in [-0.15, -0.1) is 0 Å². The zero-order chi connectivity index (χ0) is 15.2. The molecule has 0 bridgehead atoms. The average Bonchev–Trinajstić information content (AvgIpc) is 2.49. The summed E-state index contributed by atoms with van der Waals surface area (Å²) in [7, 11) is 0. The molecule has 0 aliphatic carbocycles. The number of aryl methyl sites for hydroxylation is 1. The van der Waals surface area contributed by atoms with Crippen LogP contribution in [-0.2, 0) is 12.8 Å². The third kappa shape index (κ3) is 3.75. The van der Waals surface area contributed by atoms with Crippen molar-refractivity contribution in [3.63, 3.8) is 0 Å². The molecule has 0 amide bonds. The van der Waals surface area contributed by atoms with E-state index in [9.17, 15) is 9.18 Å². The Morgan fingerprint density at radius 1 is 1.29 bits per heavy atom. The molecule has 0 aliphatic rings. The van der Waals surface area contributed by atoms with Gasteiger partial charge in [0.25, 0.3) is 0 Å². The molecule has 0 saturated carbocycles. The van der Waals surface area contributed by atoms with E-state index in [0.29, 0.717) is 25.1 Å². The molecule has 2 N–H and O–H groups in total. The first-order valence-electron chi connectivity index (χ1n) is 6.67. The summed E-state index contributed by atoms with van der Waals surface area (Å²) in [4.78, 5) is 18.5. The molecule has 0 saturated heterocycles. The molecule has 1 aromatic heterocycles. The van der Waals surface area contributed by atoms with Crippen LogP contribution in [0.5, 0.6) is 0 Å². The van der Waals surface area contributed by atoms with Crippen LogP contribution >= 0.6 is 0 Å². The fraction of sp³-hybridized carbons (Fsp3) is 0.267. The Labute approximate surface area is 121 Å². The summed E-state index contributed by atoms with van der Waals surface area (Å²) >= 11 is 0. The van der Waals surface area contributed by atoms with Crippen LogP contribution < -0.4 is 5.32 Å². The Kier molecular flexibility index (Phi) is 4.81. The summed E-state index contributed by atoms with van der Waals surface area (Å²) < 4.78 is 13.9. The van der Waals surface area contributed by atoms with Gasteiger partial charge in [0.2, 0.25) is 0 Å². The number of carboxylic acid groups (broad SMARTS) is 1. The predicted octanol–water partition coefficient (Wildman–Crippen LogP) is 2.53. The number of benzene rings is 1. The zero-order valence-corrected chi connectivity index (χ0v) is 11.6. The van der Waals surface area contributed by atoms with Gasteiger partial charge in [-0.3, -0.25) is 0 Å². The van der Waals surface area contributed by atoms with E-state index in [-0.39, 0.29) is 11.4 Å². The monoisotopic (exact) mass is 289 g/mol. The minimum absolute atomic E-state index is 0.198. The lowest BCUT2D eigenvalue weighted by atomic mass is 10.1. The summed E-state index contributed by atoms with van der Waals surface area (Å²) in [5.41, 5.74) is 1.61. The lowest BCUT2D eigenvalue weighted by molar-refractivity contribution is 0.0697. The summed E-state index contributed by atoms with van der Waals surface area (Å²) in [6, 6.07) is 6.61. The molecular formula is C15H16FN3O2. The highest BCUT2D eigenvalue weighted by Crippen LogP contribution is 2.13. The highest BCUT2D eigenvalue weighted by molar-refractivity contribution is 5.87. The smallest absolute Gasteiger partial charge is 0.335 e. The molecule has 0 unspecified atom stereocenters. The number of nitrogens with one attached hydrogen (secondary N) is 1. The normalized spacial score (nSPS) is 10.4. The molecule has 2 rings (SSSR count). The van der Waals surface area contributed by atoms with Gasteiger partial charge in [-0.1, -0.05) is 19.1 Å². The van der Waals surface area contributed by atoms with Gasteiger partial charge < -0.3 is 10.4 Å². The Bertz CT molecular complexity index is 629. The first-order chi connectivity index (χ1) is 10.1. The van der Waals surface area contributed by atoms with E-state index in [0.717, 1.165) is 5.56 Å². The van der Waals surface area contributed by atoms with Crippen LogP contribution in [0.15, 0.2) is 30.6 Å². The third-order valence-electron chi connectivity index (χ3n) is 3.10. The summed E-state index contributed by atoms with van der Waals surface area (Å²) in [6.07, 6.45) is 2.50. The molecule has 1 heterocycles. The van der Waals surface area contributed by atoms with Crippen molar-refractivity contribution in [3.8, 4) is 0 Å². The quantitative estimate of drug-likeness (QED) is 0.854. The van der Waals surface area contributed by atoms with Crippen molar-refractivity contribution in [2.75, 3.05) is 11.9 Å². The molecule has 1 aromatic carbocycles. The third-order valence-corrected chi connectivity index (χ3v) is 3.10. The van der Waals surface area contributed by atoms with E-state index in [1.807, 2.05) is 6.92 Å². The van der Waals surface area contributed by atoms with Crippen LogP contribution in [0.1, 0.15) is 28.5 Å². The van der Waals surface area contributed by atoms with Gasteiger partial charge in [0.05, 0.1) is 11.3 Å². The van der Waals surface area contributed by atoms with Gasteiger partial charge in [-0.05, 0) is 30.5 Å².